The van der Waals surface area contributed by atoms with Crippen molar-refractivity contribution in [3.05, 3.63) is 34.3 Å². The summed E-state index contributed by atoms with van der Waals surface area (Å²) in [6.07, 6.45) is 0.638. The Morgan fingerprint density at radius 1 is 1.36 bits per heavy atom. The molecule has 1 aliphatic heterocycles. The van der Waals surface area contributed by atoms with Gasteiger partial charge < -0.3 is 0 Å². The van der Waals surface area contributed by atoms with Crippen molar-refractivity contribution in [2.24, 2.45) is 4.40 Å². The first-order valence-corrected chi connectivity index (χ1v) is 6.64. The summed E-state index contributed by atoms with van der Waals surface area (Å²) in [6, 6.07) is 7.69. The van der Waals surface area contributed by atoms with E-state index in [9.17, 15) is 9.11 Å². The molecular weight excluding hydrogens is 266 g/mol. The summed E-state index contributed by atoms with van der Waals surface area (Å²) in [5.41, 5.74) is 1.74. The van der Waals surface area contributed by atoms with Crippen LogP contribution in [-0.2, 0) is 0 Å². The fourth-order valence-corrected chi connectivity index (χ4v) is 2.87. The van der Waals surface area contributed by atoms with Crippen molar-refractivity contribution < 1.29 is 9.11 Å². The van der Waals surface area contributed by atoms with Gasteiger partial charge in [-0.1, -0.05) is 38.8 Å². The van der Waals surface area contributed by atoms with Crippen LogP contribution in [0.4, 0.5) is 0 Å². The number of nitrogens with zero attached hydrogens (tertiary/aromatic N) is 1. The molecule has 0 aromatic heterocycles. The molecule has 1 aromatic rings. The molecule has 0 fully saturated rings. The van der Waals surface area contributed by atoms with Gasteiger partial charge in [0.1, 0.15) is 0 Å². The third-order valence-corrected chi connectivity index (χ3v) is 3.78. The molecule has 1 aliphatic rings. The van der Waals surface area contributed by atoms with Crippen molar-refractivity contribution in [2.75, 3.05) is 5.75 Å². The second-order valence-corrected chi connectivity index (χ2v) is 5.91. The molecule has 5 heteroatoms. The molecule has 3 nitrogen and oxygen atoms in total. The van der Waals surface area contributed by atoms with Gasteiger partial charge in [-0.3, -0.25) is 9.11 Å². The molecule has 14 heavy (non-hydrogen) atoms. The van der Waals surface area contributed by atoms with Crippen LogP contribution in [0.15, 0.2) is 33.1 Å². The number of benzene rings is 1. The van der Waals surface area contributed by atoms with Gasteiger partial charge in [0.05, 0.1) is 11.5 Å². The van der Waals surface area contributed by atoms with Gasteiger partial charge in [0.15, 0.2) is 0 Å². The van der Waals surface area contributed by atoms with E-state index in [0.717, 1.165) is 15.7 Å². The Morgan fingerprint density at radius 3 is 2.71 bits per heavy atom. The summed E-state index contributed by atoms with van der Waals surface area (Å²) in [6.45, 7) is 0. The summed E-state index contributed by atoms with van der Waals surface area (Å²) >= 11 is 3.36. The minimum atomic E-state index is -2.68. The van der Waals surface area contributed by atoms with E-state index in [2.05, 4.69) is 20.3 Å². The minimum absolute atomic E-state index is 0.356. The smallest absolute Gasteiger partial charge is 0.0690 e. The van der Waals surface area contributed by atoms with Gasteiger partial charge in [-0.2, -0.15) is 4.40 Å². The number of rotatable bonds is 1. The SMILES string of the molecule is OS1(O)CCC(c2cccc(Br)c2)=N1. The topological polar surface area (TPSA) is 52.8 Å². The molecule has 0 saturated carbocycles. The van der Waals surface area contributed by atoms with Crippen LogP contribution < -0.4 is 0 Å². The third kappa shape index (κ3) is 2.17. The molecule has 0 bridgehead atoms. The zero-order valence-electron chi connectivity index (χ0n) is 7.35. The molecule has 2 N–H and O–H groups in total. The lowest BCUT2D eigenvalue weighted by molar-refractivity contribution is 0.493. The van der Waals surface area contributed by atoms with E-state index >= 15 is 0 Å². The van der Waals surface area contributed by atoms with Gasteiger partial charge in [0.2, 0.25) is 0 Å². The second kappa shape index (κ2) is 3.66. The van der Waals surface area contributed by atoms with Gasteiger partial charge in [-0.15, -0.1) is 0 Å². The van der Waals surface area contributed by atoms with E-state index < -0.39 is 10.8 Å². The molecular formula is C9H10BrNO2S. The maximum atomic E-state index is 9.34. The van der Waals surface area contributed by atoms with Crippen LogP contribution in [0.5, 0.6) is 0 Å². The molecule has 0 spiro atoms. The van der Waals surface area contributed by atoms with Gasteiger partial charge in [-0.25, -0.2) is 0 Å². The standard InChI is InChI=1S/C9H10BrNO2S/c10-8-3-1-2-7(6-8)9-4-5-14(12,13)11-9/h1-3,6,12-13H,4-5H2. The molecule has 0 radical (unpaired) electrons. The lowest BCUT2D eigenvalue weighted by atomic mass is 10.1. The number of halogens is 1. The number of hydrogen-bond donors (Lipinski definition) is 2. The van der Waals surface area contributed by atoms with E-state index in [1.54, 1.807) is 0 Å². The predicted octanol–water partition coefficient (Wildman–Crippen LogP) is 3.31. The van der Waals surface area contributed by atoms with Crippen LogP contribution in [0.3, 0.4) is 0 Å². The highest BCUT2D eigenvalue weighted by molar-refractivity contribution is 9.10. The van der Waals surface area contributed by atoms with Crippen molar-refractivity contribution in [3.63, 3.8) is 0 Å². The van der Waals surface area contributed by atoms with Crippen LogP contribution in [0.2, 0.25) is 0 Å². The third-order valence-electron chi connectivity index (χ3n) is 2.03. The Hall–Kier alpha value is -0.360. The maximum absolute atomic E-state index is 9.34. The summed E-state index contributed by atoms with van der Waals surface area (Å²) in [7, 11) is -2.68. The number of hydrogen-bond acceptors (Lipinski definition) is 3. The van der Waals surface area contributed by atoms with Gasteiger partial charge in [0.25, 0.3) is 0 Å². The van der Waals surface area contributed by atoms with Crippen LogP contribution in [-0.4, -0.2) is 20.6 Å². The zero-order valence-corrected chi connectivity index (χ0v) is 9.75. The highest BCUT2D eigenvalue weighted by Gasteiger charge is 2.21. The van der Waals surface area contributed by atoms with Gasteiger partial charge >= 0.3 is 0 Å². The van der Waals surface area contributed by atoms with Crippen LogP contribution in [0, 0.1) is 0 Å². The maximum Gasteiger partial charge on any atom is 0.0690 e. The van der Waals surface area contributed by atoms with E-state index in [1.165, 1.54) is 0 Å². The first-order valence-electron chi connectivity index (χ1n) is 4.17. The first kappa shape index (κ1) is 10.2. The molecule has 0 unspecified atom stereocenters. The van der Waals surface area contributed by atoms with Crippen molar-refractivity contribution >= 4 is 32.4 Å². The summed E-state index contributed by atoms with van der Waals surface area (Å²) in [5, 5.41) is 0. The molecule has 1 heterocycles. The minimum Gasteiger partial charge on any atom is -0.280 e. The highest BCUT2D eigenvalue weighted by atomic mass is 79.9. The average Bonchev–Trinajstić information content (AvgIpc) is 2.46. The summed E-state index contributed by atoms with van der Waals surface area (Å²) in [5.74, 6) is 0.356. The van der Waals surface area contributed by atoms with Crippen LogP contribution in [0.1, 0.15) is 12.0 Å². The Morgan fingerprint density at radius 2 is 2.14 bits per heavy atom. The van der Waals surface area contributed by atoms with Crippen LogP contribution >= 0.6 is 26.7 Å². The fourth-order valence-electron chi connectivity index (χ4n) is 1.37. The molecule has 2 rings (SSSR count). The van der Waals surface area contributed by atoms with Gasteiger partial charge in [-0.05, 0) is 17.7 Å². The monoisotopic (exact) mass is 275 g/mol. The molecule has 0 atom stereocenters. The second-order valence-electron chi connectivity index (χ2n) is 3.13. The van der Waals surface area contributed by atoms with Crippen molar-refractivity contribution in [1.82, 2.24) is 0 Å². The quantitative estimate of drug-likeness (QED) is 0.826. The zero-order chi connectivity index (χ0) is 10.2. The molecule has 0 saturated heterocycles. The van der Waals surface area contributed by atoms with Gasteiger partial charge in [0, 0.05) is 10.9 Å². The van der Waals surface area contributed by atoms with Crippen molar-refractivity contribution in [2.45, 2.75) is 6.42 Å². The van der Waals surface area contributed by atoms with E-state index in [0.29, 0.717) is 12.2 Å². The normalized spacial score (nSPS) is 21.8. The summed E-state index contributed by atoms with van der Waals surface area (Å²) in [4.78, 5) is 0. The first-order chi connectivity index (χ1) is 6.57. The Kier molecular flexibility index (Phi) is 2.66. The fraction of sp³-hybridized carbons (Fsp3) is 0.222. The molecule has 0 aliphatic carbocycles. The Balaban J connectivity index is 2.33. The average molecular weight is 276 g/mol. The lowest BCUT2D eigenvalue weighted by Crippen LogP contribution is -1.96. The molecule has 0 amide bonds. The summed E-state index contributed by atoms with van der Waals surface area (Å²) < 4.78 is 23.6. The van der Waals surface area contributed by atoms with Crippen molar-refractivity contribution in [3.8, 4) is 0 Å². The Bertz CT molecular complexity index is 392. The lowest BCUT2D eigenvalue weighted by Gasteiger charge is -2.20. The van der Waals surface area contributed by atoms with E-state index in [1.807, 2.05) is 24.3 Å². The molecule has 1 aromatic carbocycles. The molecule has 76 valence electrons. The highest BCUT2D eigenvalue weighted by Crippen LogP contribution is 2.46. The largest absolute Gasteiger partial charge is 0.280 e. The Labute approximate surface area is 92.5 Å². The van der Waals surface area contributed by atoms with E-state index in [4.69, 9.17) is 0 Å². The van der Waals surface area contributed by atoms with Crippen molar-refractivity contribution in [1.29, 1.82) is 0 Å². The van der Waals surface area contributed by atoms with E-state index in [-0.39, 0.29) is 0 Å². The van der Waals surface area contributed by atoms with Crippen LogP contribution in [0.25, 0.3) is 0 Å². The predicted molar refractivity (Wildman–Crippen MR) is 63.0 cm³/mol.